The third kappa shape index (κ3) is 5.16. The highest BCUT2D eigenvalue weighted by molar-refractivity contribution is 8.01. The van der Waals surface area contributed by atoms with Crippen LogP contribution >= 0.6 is 11.8 Å². The number of ketones is 1. The lowest BCUT2D eigenvalue weighted by molar-refractivity contribution is -0.137. The number of carbonyl (C=O) groups excluding carboxylic acids is 3. The highest BCUT2D eigenvalue weighted by Gasteiger charge is 2.35. The third-order valence-electron chi connectivity index (χ3n) is 5.76. The molecule has 2 aliphatic heterocycles. The van der Waals surface area contributed by atoms with Gasteiger partial charge in [0.25, 0.3) is 0 Å². The molecule has 1 atom stereocenters. The van der Waals surface area contributed by atoms with Gasteiger partial charge in [0.05, 0.1) is 16.5 Å². The van der Waals surface area contributed by atoms with E-state index in [9.17, 15) is 27.6 Å². The van der Waals surface area contributed by atoms with Gasteiger partial charge in [0.2, 0.25) is 11.8 Å². The van der Waals surface area contributed by atoms with E-state index in [0.29, 0.717) is 36.6 Å². The summed E-state index contributed by atoms with van der Waals surface area (Å²) in [6.07, 6.45) is -4.51. The van der Waals surface area contributed by atoms with Crippen molar-refractivity contribution in [3.05, 3.63) is 53.6 Å². The molecule has 0 saturated carbocycles. The molecule has 1 N–H and O–H groups in total. The molecule has 33 heavy (non-hydrogen) atoms. The van der Waals surface area contributed by atoms with Crippen molar-refractivity contribution in [2.45, 2.75) is 29.7 Å². The minimum Gasteiger partial charge on any atom is -0.368 e. The number of piperazine rings is 1. The Balaban J connectivity index is 1.34. The zero-order chi connectivity index (χ0) is 23.8. The molecule has 0 bridgehead atoms. The third-order valence-corrected chi connectivity index (χ3v) is 7.03. The molecule has 0 radical (unpaired) electrons. The van der Waals surface area contributed by atoms with Crippen molar-refractivity contribution in [1.29, 1.82) is 0 Å². The monoisotopic (exact) mass is 477 g/mol. The molecule has 2 aromatic rings. The van der Waals surface area contributed by atoms with Crippen molar-refractivity contribution in [2.75, 3.05) is 36.4 Å². The Labute approximate surface area is 193 Å². The Morgan fingerprint density at radius 3 is 2.33 bits per heavy atom. The zero-order valence-electron chi connectivity index (χ0n) is 17.8. The fourth-order valence-corrected chi connectivity index (χ4v) is 4.95. The molecule has 2 aromatic carbocycles. The number of nitrogens with zero attached hydrogens (tertiary/aromatic N) is 2. The minimum atomic E-state index is -4.49. The minimum absolute atomic E-state index is 0.00463. The van der Waals surface area contributed by atoms with Gasteiger partial charge in [-0.25, -0.2) is 0 Å². The summed E-state index contributed by atoms with van der Waals surface area (Å²) in [6, 6.07) is 10.6. The van der Waals surface area contributed by atoms with Gasteiger partial charge in [-0.3, -0.25) is 14.4 Å². The van der Waals surface area contributed by atoms with E-state index in [2.05, 4.69) is 10.2 Å². The summed E-state index contributed by atoms with van der Waals surface area (Å²) < 4.78 is 38.7. The number of hydrogen-bond acceptors (Lipinski definition) is 5. The lowest BCUT2D eigenvalue weighted by Crippen LogP contribution is -2.49. The molecule has 0 spiro atoms. The Morgan fingerprint density at radius 1 is 1.06 bits per heavy atom. The zero-order valence-corrected chi connectivity index (χ0v) is 18.6. The molecule has 0 aliphatic carbocycles. The first-order valence-electron chi connectivity index (χ1n) is 10.4. The second kappa shape index (κ2) is 9.09. The van der Waals surface area contributed by atoms with E-state index in [1.165, 1.54) is 13.0 Å². The van der Waals surface area contributed by atoms with Crippen LogP contribution in [-0.2, 0) is 15.8 Å². The maximum atomic E-state index is 12.9. The summed E-state index contributed by atoms with van der Waals surface area (Å²) in [4.78, 5) is 41.0. The molecule has 1 fully saturated rings. The molecule has 4 rings (SSSR count). The second-order valence-corrected chi connectivity index (χ2v) is 9.22. The van der Waals surface area contributed by atoms with Gasteiger partial charge in [0, 0.05) is 48.7 Å². The summed E-state index contributed by atoms with van der Waals surface area (Å²) >= 11 is 1.11. The average Bonchev–Trinajstić information content (AvgIpc) is 2.78. The van der Waals surface area contributed by atoms with Crippen LogP contribution in [0.4, 0.5) is 24.5 Å². The molecule has 0 aromatic heterocycles. The van der Waals surface area contributed by atoms with Crippen molar-refractivity contribution >= 4 is 40.7 Å². The van der Waals surface area contributed by atoms with E-state index in [4.69, 9.17) is 0 Å². The lowest BCUT2D eigenvalue weighted by Gasteiger charge is -2.37. The molecule has 2 heterocycles. The summed E-state index contributed by atoms with van der Waals surface area (Å²) in [5.41, 5.74) is 0.912. The summed E-state index contributed by atoms with van der Waals surface area (Å²) in [5.74, 6) is -0.626. The smallest absolute Gasteiger partial charge is 0.368 e. The molecular formula is C23H22F3N3O3S. The predicted octanol–water partition coefficient (Wildman–Crippen LogP) is 4.06. The van der Waals surface area contributed by atoms with E-state index in [1.807, 2.05) is 12.1 Å². The molecule has 6 nitrogen and oxygen atoms in total. The Bertz CT molecular complexity index is 1080. The van der Waals surface area contributed by atoms with Crippen molar-refractivity contribution in [2.24, 2.45) is 0 Å². The Hall–Kier alpha value is -3.01. The van der Waals surface area contributed by atoms with Gasteiger partial charge in [-0.05, 0) is 49.4 Å². The number of halogens is 3. The fraction of sp³-hybridized carbons (Fsp3) is 0.348. The first-order chi connectivity index (χ1) is 15.6. The molecular weight excluding hydrogens is 455 g/mol. The van der Waals surface area contributed by atoms with Crippen LogP contribution in [0.25, 0.3) is 0 Å². The number of alkyl halides is 3. The van der Waals surface area contributed by atoms with Gasteiger partial charge >= 0.3 is 6.18 Å². The molecule has 174 valence electrons. The largest absolute Gasteiger partial charge is 0.416 e. The van der Waals surface area contributed by atoms with Gasteiger partial charge in [0.15, 0.2) is 5.78 Å². The number of fused-ring (bicyclic) bond motifs is 1. The average molecular weight is 478 g/mol. The van der Waals surface area contributed by atoms with Crippen molar-refractivity contribution in [1.82, 2.24) is 4.90 Å². The number of nitrogens with one attached hydrogen (secondary N) is 1. The molecule has 2 amide bonds. The van der Waals surface area contributed by atoms with Gasteiger partial charge in [-0.2, -0.15) is 13.2 Å². The van der Waals surface area contributed by atoms with Crippen LogP contribution in [0.3, 0.4) is 0 Å². The molecule has 10 heteroatoms. The number of anilines is 2. The first-order valence-corrected chi connectivity index (χ1v) is 11.3. The van der Waals surface area contributed by atoms with Gasteiger partial charge < -0.3 is 15.1 Å². The molecule has 1 saturated heterocycles. The number of benzene rings is 2. The normalized spacial score (nSPS) is 18.5. The quantitative estimate of drug-likeness (QED) is 0.673. The van der Waals surface area contributed by atoms with Crippen LogP contribution in [-0.4, -0.2) is 53.9 Å². The van der Waals surface area contributed by atoms with Crippen LogP contribution in [0, 0.1) is 0 Å². The second-order valence-electron chi connectivity index (χ2n) is 7.98. The summed E-state index contributed by atoms with van der Waals surface area (Å²) in [7, 11) is 0. The van der Waals surface area contributed by atoms with Crippen LogP contribution < -0.4 is 10.2 Å². The van der Waals surface area contributed by atoms with Crippen molar-refractivity contribution in [3.8, 4) is 0 Å². The van der Waals surface area contributed by atoms with E-state index < -0.39 is 22.9 Å². The topological polar surface area (TPSA) is 69.7 Å². The maximum absolute atomic E-state index is 12.9. The van der Waals surface area contributed by atoms with Gasteiger partial charge in [-0.15, -0.1) is 11.8 Å². The SMILES string of the molecule is CC(=O)c1ccc(N2CCN(C(=O)C[C@H]3Sc4ccc(C(F)(F)F)cc4NC3=O)CC2)cc1. The molecule has 0 unspecified atom stereocenters. The Kier molecular flexibility index (Phi) is 6.38. The highest BCUT2D eigenvalue weighted by atomic mass is 32.2. The fourth-order valence-electron chi connectivity index (χ4n) is 3.87. The number of rotatable bonds is 4. The predicted molar refractivity (Wildman–Crippen MR) is 120 cm³/mol. The molecule has 2 aliphatic rings. The van der Waals surface area contributed by atoms with E-state index >= 15 is 0 Å². The van der Waals surface area contributed by atoms with E-state index in [0.717, 1.165) is 29.6 Å². The van der Waals surface area contributed by atoms with Gasteiger partial charge in [-0.1, -0.05) is 0 Å². The lowest BCUT2D eigenvalue weighted by atomic mass is 10.1. The van der Waals surface area contributed by atoms with Crippen LogP contribution in [0.5, 0.6) is 0 Å². The number of Topliss-reactive ketones (excluding diaryl/α,β-unsaturated/α-hetero) is 1. The van der Waals surface area contributed by atoms with Crippen LogP contribution in [0.15, 0.2) is 47.4 Å². The Morgan fingerprint density at radius 2 is 1.73 bits per heavy atom. The van der Waals surface area contributed by atoms with E-state index in [-0.39, 0.29) is 23.8 Å². The summed E-state index contributed by atoms with van der Waals surface area (Å²) in [5, 5.41) is 1.81. The van der Waals surface area contributed by atoms with Gasteiger partial charge in [0.1, 0.15) is 0 Å². The number of thioether (sulfide) groups is 1. The van der Waals surface area contributed by atoms with E-state index in [1.54, 1.807) is 17.0 Å². The highest BCUT2D eigenvalue weighted by Crippen LogP contribution is 2.40. The number of hydrogen-bond donors (Lipinski definition) is 1. The standard InChI is InChI=1S/C23H22F3N3O3S/c1-14(30)15-2-5-17(6-3-15)28-8-10-29(11-9-28)21(31)13-20-22(32)27-18-12-16(23(24,25)26)4-7-19(18)33-20/h2-7,12,20H,8-11,13H2,1H3,(H,27,32)/t20-/m1/s1. The van der Waals surface area contributed by atoms with Crippen LogP contribution in [0.2, 0.25) is 0 Å². The first kappa shape index (κ1) is 23.2. The maximum Gasteiger partial charge on any atom is 0.416 e. The van der Waals surface area contributed by atoms with Crippen molar-refractivity contribution in [3.63, 3.8) is 0 Å². The summed E-state index contributed by atoms with van der Waals surface area (Å²) in [6.45, 7) is 3.76. The number of amides is 2. The number of carbonyl (C=O) groups is 3. The van der Waals surface area contributed by atoms with Crippen LogP contribution in [0.1, 0.15) is 29.3 Å². The van der Waals surface area contributed by atoms with Crippen molar-refractivity contribution < 1.29 is 27.6 Å².